The van der Waals surface area contributed by atoms with Gasteiger partial charge >= 0.3 is 0 Å². The Labute approximate surface area is 118 Å². The molecule has 19 heavy (non-hydrogen) atoms. The zero-order chi connectivity index (χ0) is 14.4. The van der Waals surface area contributed by atoms with Gasteiger partial charge in [0.05, 0.1) is 13.2 Å². The summed E-state index contributed by atoms with van der Waals surface area (Å²) in [5.74, 6) is 0. The third-order valence-corrected chi connectivity index (χ3v) is 4.76. The molecule has 1 fully saturated rings. The van der Waals surface area contributed by atoms with E-state index in [0.717, 1.165) is 52.2 Å². The van der Waals surface area contributed by atoms with Gasteiger partial charge in [-0.2, -0.15) is 0 Å². The summed E-state index contributed by atoms with van der Waals surface area (Å²) in [6, 6.07) is 0. The molecular formula is C15H32N2O2. The maximum Gasteiger partial charge on any atom is 0.0594 e. The Hall–Kier alpha value is -0.160. The molecule has 1 aliphatic heterocycles. The first kappa shape index (κ1) is 16.9. The molecule has 0 aromatic carbocycles. The lowest BCUT2D eigenvalue weighted by Gasteiger charge is -2.42. The van der Waals surface area contributed by atoms with Gasteiger partial charge in [-0.25, -0.2) is 0 Å². The second-order valence-corrected chi connectivity index (χ2v) is 6.38. The summed E-state index contributed by atoms with van der Waals surface area (Å²) in [5.41, 5.74) is 0.188. The second kappa shape index (κ2) is 7.58. The van der Waals surface area contributed by atoms with Crippen molar-refractivity contribution in [2.75, 3.05) is 46.0 Å². The van der Waals surface area contributed by atoms with Crippen molar-refractivity contribution in [1.29, 1.82) is 0 Å². The van der Waals surface area contributed by atoms with Crippen molar-refractivity contribution in [3.05, 3.63) is 0 Å². The topological polar surface area (TPSA) is 44.7 Å². The minimum Gasteiger partial charge on any atom is -0.396 e. The van der Waals surface area contributed by atoms with Crippen LogP contribution in [0.4, 0.5) is 0 Å². The van der Waals surface area contributed by atoms with Gasteiger partial charge in [0.2, 0.25) is 0 Å². The van der Waals surface area contributed by atoms with Gasteiger partial charge in [-0.05, 0) is 26.7 Å². The zero-order valence-electron chi connectivity index (χ0n) is 13.2. The smallest absolute Gasteiger partial charge is 0.0594 e. The van der Waals surface area contributed by atoms with Gasteiger partial charge in [0.1, 0.15) is 0 Å². The molecule has 0 amide bonds. The Kier molecular flexibility index (Phi) is 6.74. The number of rotatable bonds is 8. The first-order valence-corrected chi connectivity index (χ1v) is 7.64. The van der Waals surface area contributed by atoms with Crippen LogP contribution in [0.1, 0.15) is 40.5 Å². The first-order valence-electron chi connectivity index (χ1n) is 7.64. The van der Waals surface area contributed by atoms with Crippen LogP contribution in [0.2, 0.25) is 0 Å². The normalized spacial score (nSPS) is 18.8. The largest absolute Gasteiger partial charge is 0.396 e. The lowest BCUT2D eigenvalue weighted by molar-refractivity contribution is -0.0110. The van der Waals surface area contributed by atoms with E-state index in [9.17, 15) is 5.11 Å². The average molecular weight is 272 g/mol. The fourth-order valence-electron chi connectivity index (χ4n) is 2.69. The Bertz CT molecular complexity index is 238. The van der Waals surface area contributed by atoms with Crippen molar-refractivity contribution >= 4 is 0 Å². The van der Waals surface area contributed by atoms with Crippen LogP contribution in [0, 0.1) is 5.41 Å². The Morgan fingerprint density at radius 2 is 1.68 bits per heavy atom. The van der Waals surface area contributed by atoms with Crippen LogP contribution in [0.25, 0.3) is 0 Å². The number of nitrogens with zero attached hydrogens (tertiary/aromatic N) is 1. The third-order valence-electron chi connectivity index (χ3n) is 4.76. The highest BCUT2D eigenvalue weighted by Gasteiger charge is 2.30. The molecule has 1 rings (SSSR count). The van der Waals surface area contributed by atoms with Gasteiger partial charge in [0.15, 0.2) is 0 Å². The van der Waals surface area contributed by atoms with E-state index in [-0.39, 0.29) is 17.6 Å². The van der Waals surface area contributed by atoms with Gasteiger partial charge in [-0.1, -0.05) is 13.8 Å². The van der Waals surface area contributed by atoms with Crippen molar-refractivity contribution < 1.29 is 9.84 Å². The SMILES string of the molecule is CCC(CC)(CO)CNCC(C)(C)N1CCOCC1. The number of aliphatic hydroxyl groups excluding tert-OH is 1. The summed E-state index contributed by atoms with van der Waals surface area (Å²) < 4.78 is 5.41. The van der Waals surface area contributed by atoms with Crippen molar-refractivity contribution in [3.63, 3.8) is 0 Å². The fourth-order valence-corrected chi connectivity index (χ4v) is 2.69. The molecule has 0 radical (unpaired) electrons. The van der Waals surface area contributed by atoms with Gasteiger partial charge in [0, 0.05) is 43.7 Å². The number of nitrogens with one attached hydrogen (secondary N) is 1. The van der Waals surface area contributed by atoms with Gasteiger partial charge in [0.25, 0.3) is 0 Å². The number of ether oxygens (including phenoxy) is 1. The lowest BCUT2D eigenvalue weighted by atomic mass is 9.83. The molecule has 4 nitrogen and oxygen atoms in total. The molecule has 4 heteroatoms. The molecular weight excluding hydrogens is 240 g/mol. The highest BCUT2D eigenvalue weighted by atomic mass is 16.5. The molecule has 0 bridgehead atoms. The van der Waals surface area contributed by atoms with Crippen molar-refractivity contribution in [2.24, 2.45) is 5.41 Å². The van der Waals surface area contributed by atoms with Crippen LogP contribution in [0.5, 0.6) is 0 Å². The summed E-state index contributed by atoms with van der Waals surface area (Å²) in [5, 5.41) is 13.2. The van der Waals surface area contributed by atoms with E-state index in [1.165, 1.54) is 0 Å². The standard InChI is InChI=1S/C15H32N2O2/c1-5-15(6-2,13-18)12-16-11-14(3,4)17-7-9-19-10-8-17/h16,18H,5-13H2,1-4H3. The maximum atomic E-state index is 9.59. The van der Waals surface area contributed by atoms with Crippen molar-refractivity contribution in [3.8, 4) is 0 Å². The number of aliphatic hydroxyl groups is 1. The summed E-state index contributed by atoms with van der Waals surface area (Å²) in [4.78, 5) is 2.49. The van der Waals surface area contributed by atoms with Crippen LogP contribution in [-0.4, -0.2) is 61.5 Å². The molecule has 0 aromatic heterocycles. The maximum absolute atomic E-state index is 9.59. The average Bonchev–Trinajstić information content (AvgIpc) is 2.45. The van der Waals surface area contributed by atoms with E-state index >= 15 is 0 Å². The number of morpholine rings is 1. The van der Waals surface area contributed by atoms with E-state index in [1.54, 1.807) is 0 Å². The lowest BCUT2D eigenvalue weighted by Crippen LogP contribution is -2.55. The summed E-state index contributed by atoms with van der Waals surface area (Å²) in [6.07, 6.45) is 2.04. The van der Waals surface area contributed by atoms with Crippen LogP contribution >= 0.6 is 0 Å². The fraction of sp³-hybridized carbons (Fsp3) is 1.00. The van der Waals surface area contributed by atoms with E-state index in [4.69, 9.17) is 4.74 Å². The molecule has 0 aromatic rings. The van der Waals surface area contributed by atoms with E-state index in [2.05, 4.69) is 37.9 Å². The molecule has 0 atom stereocenters. The minimum absolute atomic E-state index is 0.0427. The highest BCUT2D eigenvalue weighted by molar-refractivity contribution is 4.87. The summed E-state index contributed by atoms with van der Waals surface area (Å²) in [7, 11) is 0. The Morgan fingerprint density at radius 1 is 1.11 bits per heavy atom. The van der Waals surface area contributed by atoms with Gasteiger partial charge < -0.3 is 15.2 Å². The van der Waals surface area contributed by atoms with Crippen molar-refractivity contribution in [2.45, 2.75) is 46.1 Å². The van der Waals surface area contributed by atoms with E-state index in [0.29, 0.717) is 0 Å². The molecule has 1 aliphatic rings. The van der Waals surface area contributed by atoms with E-state index < -0.39 is 0 Å². The summed E-state index contributed by atoms with van der Waals surface area (Å²) >= 11 is 0. The predicted molar refractivity (Wildman–Crippen MR) is 79.4 cm³/mol. The number of hydrogen-bond acceptors (Lipinski definition) is 4. The molecule has 1 heterocycles. The Balaban J connectivity index is 2.41. The van der Waals surface area contributed by atoms with Gasteiger partial charge in [-0.15, -0.1) is 0 Å². The molecule has 0 unspecified atom stereocenters. The van der Waals surface area contributed by atoms with E-state index in [1.807, 2.05) is 0 Å². The van der Waals surface area contributed by atoms with Crippen LogP contribution in [-0.2, 0) is 4.74 Å². The predicted octanol–water partition coefficient (Wildman–Crippen LogP) is 1.49. The van der Waals surface area contributed by atoms with Gasteiger partial charge in [-0.3, -0.25) is 4.90 Å². The molecule has 2 N–H and O–H groups in total. The zero-order valence-corrected chi connectivity index (χ0v) is 13.2. The van der Waals surface area contributed by atoms with Crippen molar-refractivity contribution in [1.82, 2.24) is 10.2 Å². The minimum atomic E-state index is 0.0427. The first-order chi connectivity index (χ1) is 8.99. The molecule has 114 valence electrons. The quantitative estimate of drug-likeness (QED) is 0.702. The molecule has 0 saturated carbocycles. The van der Waals surface area contributed by atoms with Crippen LogP contribution < -0.4 is 5.32 Å². The Morgan fingerprint density at radius 3 is 2.16 bits per heavy atom. The second-order valence-electron chi connectivity index (χ2n) is 6.38. The monoisotopic (exact) mass is 272 g/mol. The van der Waals surface area contributed by atoms with Crippen LogP contribution in [0.15, 0.2) is 0 Å². The molecule has 0 aliphatic carbocycles. The molecule has 0 spiro atoms. The number of hydrogen-bond donors (Lipinski definition) is 2. The third kappa shape index (κ3) is 4.71. The molecule has 1 saturated heterocycles. The van der Waals surface area contributed by atoms with Crippen LogP contribution in [0.3, 0.4) is 0 Å². The summed E-state index contributed by atoms with van der Waals surface area (Å²) in [6.45, 7) is 14.7. The highest BCUT2D eigenvalue weighted by Crippen LogP contribution is 2.25.